The second-order valence-corrected chi connectivity index (χ2v) is 16.4. The van der Waals surface area contributed by atoms with Crippen LogP contribution in [-0.2, 0) is 16.1 Å². The first kappa shape index (κ1) is 35.8. The van der Waals surface area contributed by atoms with Crippen LogP contribution >= 0.6 is 46.3 Å². The van der Waals surface area contributed by atoms with Crippen molar-refractivity contribution in [2.24, 2.45) is 5.41 Å². The number of benzene rings is 3. The third-order valence-electron chi connectivity index (χ3n) is 9.51. The van der Waals surface area contributed by atoms with E-state index in [9.17, 15) is 4.79 Å². The van der Waals surface area contributed by atoms with E-state index in [0.29, 0.717) is 6.61 Å². The van der Waals surface area contributed by atoms with Crippen molar-refractivity contribution in [1.82, 2.24) is 0 Å². The quantitative estimate of drug-likeness (QED) is 0.0825. The van der Waals surface area contributed by atoms with Crippen molar-refractivity contribution in [3.8, 4) is 0 Å². The van der Waals surface area contributed by atoms with E-state index in [0.717, 1.165) is 78.3 Å². The Morgan fingerprint density at radius 2 is 1.76 bits per heavy atom. The summed E-state index contributed by atoms with van der Waals surface area (Å²) in [5.41, 5.74) is 7.20. The number of fused-ring (bicyclic) bond motifs is 2. The Balaban J connectivity index is 1.40. The number of esters is 1. The van der Waals surface area contributed by atoms with Crippen LogP contribution in [0.2, 0.25) is 10.0 Å². The Bertz CT molecular complexity index is 1930. The molecule has 256 valence electrons. The number of aryl methyl sites for hydroxylation is 1. The van der Waals surface area contributed by atoms with Crippen LogP contribution in [0.5, 0.6) is 0 Å². The van der Waals surface area contributed by atoms with Gasteiger partial charge in [-0.2, -0.15) is 4.57 Å². The molecule has 0 unspecified atom stereocenters. The summed E-state index contributed by atoms with van der Waals surface area (Å²) < 4.78 is 9.24. The fourth-order valence-electron chi connectivity index (χ4n) is 6.37. The number of nitrogens with zero attached hydrogens (tertiary/aromatic N) is 2. The van der Waals surface area contributed by atoms with Crippen LogP contribution in [0.4, 0.5) is 5.69 Å². The van der Waals surface area contributed by atoms with E-state index >= 15 is 0 Å². The van der Waals surface area contributed by atoms with Gasteiger partial charge in [0.05, 0.1) is 22.7 Å². The number of hydrogen-bond donors (Lipinski definition) is 0. The first-order chi connectivity index (χ1) is 23.7. The van der Waals surface area contributed by atoms with Crippen LogP contribution in [0.15, 0.2) is 93.9 Å². The third kappa shape index (κ3) is 8.14. The molecule has 3 aromatic carbocycles. The second kappa shape index (κ2) is 15.9. The first-order valence-corrected chi connectivity index (χ1v) is 19.8. The van der Waals surface area contributed by atoms with Crippen molar-refractivity contribution in [1.29, 1.82) is 0 Å². The summed E-state index contributed by atoms with van der Waals surface area (Å²) in [7, 11) is 0. The molecule has 0 fully saturated rings. The molecule has 0 saturated carbocycles. The molecule has 49 heavy (non-hydrogen) atoms. The van der Waals surface area contributed by atoms with Crippen LogP contribution < -0.4 is 9.47 Å². The Hall–Kier alpha value is -3.03. The lowest BCUT2D eigenvalue weighted by Gasteiger charge is -2.25. The molecule has 0 radical (unpaired) electrons. The van der Waals surface area contributed by atoms with Crippen molar-refractivity contribution >= 4 is 79.8 Å². The average molecular weight is 733 g/mol. The molecule has 0 amide bonds. The summed E-state index contributed by atoms with van der Waals surface area (Å²) in [6.07, 6.45) is 11.7. The zero-order chi connectivity index (χ0) is 34.5. The molecule has 8 heteroatoms. The van der Waals surface area contributed by atoms with Gasteiger partial charge in [-0.25, -0.2) is 0 Å². The van der Waals surface area contributed by atoms with E-state index < -0.39 is 5.41 Å². The molecule has 1 aliphatic carbocycles. The number of hydrogen-bond acceptors (Lipinski definition) is 5. The summed E-state index contributed by atoms with van der Waals surface area (Å²) in [4.78, 5) is 16.3. The molecular weight excluding hydrogens is 688 g/mol. The van der Waals surface area contributed by atoms with Crippen LogP contribution in [0.25, 0.3) is 21.9 Å². The van der Waals surface area contributed by atoms with Gasteiger partial charge in [0.25, 0.3) is 5.01 Å². The lowest BCUT2D eigenvalue weighted by Crippen LogP contribution is -2.36. The summed E-state index contributed by atoms with van der Waals surface area (Å²) in [6, 6.07) is 23.2. The number of rotatable bonds is 12. The predicted molar refractivity (Wildman–Crippen MR) is 210 cm³/mol. The summed E-state index contributed by atoms with van der Waals surface area (Å²) in [6.45, 7) is 10.3. The molecule has 1 aliphatic heterocycles. The minimum absolute atomic E-state index is 0.134. The van der Waals surface area contributed by atoms with Gasteiger partial charge >= 0.3 is 5.97 Å². The lowest BCUT2D eigenvalue weighted by atomic mass is 9.83. The van der Waals surface area contributed by atoms with Crippen LogP contribution in [0.1, 0.15) is 83.2 Å². The van der Waals surface area contributed by atoms with Crippen LogP contribution in [-0.4, -0.2) is 19.1 Å². The standard InChI is InChI=1S/C41H45Cl2N2O2S2/c1-5-7-21-44-33-19-17-31(42)26-35(33)48-37(44)24-29-15-11-16-30(39(29)28-13-9-8-10-14-28)25-38-45(34-20-18-32(43)27-36(34)49-38)22-12-23-47-40(46)41(3,4)6-2/h8-10,13-14,17-20,24-27H,5-7,11-12,15-16,21-23H2,1-4H3/q+1. The normalized spacial score (nSPS) is 16.7. The first-order valence-electron chi connectivity index (χ1n) is 17.4. The van der Waals surface area contributed by atoms with E-state index in [1.807, 2.05) is 44.7 Å². The molecule has 0 N–H and O–H groups in total. The zero-order valence-electron chi connectivity index (χ0n) is 28.9. The number of aromatic nitrogens is 1. The molecular formula is C41H45Cl2N2O2S2+. The molecule has 4 nitrogen and oxygen atoms in total. The average Bonchev–Trinajstić information content (AvgIpc) is 3.61. The van der Waals surface area contributed by atoms with E-state index in [4.69, 9.17) is 27.9 Å². The minimum Gasteiger partial charge on any atom is -0.465 e. The van der Waals surface area contributed by atoms with Gasteiger partial charge in [-0.15, -0.1) is 0 Å². The summed E-state index contributed by atoms with van der Waals surface area (Å²) >= 11 is 16.5. The van der Waals surface area contributed by atoms with Crippen LogP contribution in [0.3, 0.4) is 0 Å². The van der Waals surface area contributed by atoms with Crippen molar-refractivity contribution in [3.05, 3.63) is 110 Å². The number of ether oxygens (including phenoxy) is 1. The molecule has 0 bridgehead atoms. The summed E-state index contributed by atoms with van der Waals surface area (Å²) in [5.74, 6) is -0.134. The Kier molecular flexibility index (Phi) is 11.6. The number of thioether (sulfide) groups is 1. The van der Waals surface area contributed by atoms with Gasteiger partial charge in [-0.05, 0) is 105 Å². The number of carbonyl (C=O) groups is 1. The van der Waals surface area contributed by atoms with Crippen molar-refractivity contribution in [2.75, 3.05) is 18.1 Å². The molecule has 6 rings (SSSR count). The molecule has 1 aromatic heterocycles. The van der Waals surface area contributed by atoms with Gasteiger partial charge in [0.1, 0.15) is 4.70 Å². The smallest absolute Gasteiger partial charge is 0.311 e. The monoisotopic (exact) mass is 731 g/mol. The topological polar surface area (TPSA) is 33.4 Å². The van der Waals surface area contributed by atoms with Gasteiger partial charge in [0.15, 0.2) is 6.54 Å². The van der Waals surface area contributed by atoms with E-state index in [-0.39, 0.29) is 5.97 Å². The summed E-state index contributed by atoms with van der Waals surface area (Å²) in [5, 5.41) is 3.95. The lowest BCUT2D eigenvalue weighted by molar-refractivity contribution is -0.669. The Morgan fingerprint density at radius 1 is 0.980 bits per heavy atom. The van der Waals surface area contributed by atoms with Gasteiger partial charge in [0.2, 0.25) is 5.52 Å². The minimum atomic E-state index is -0.470. The van der Waals surface area contributed by atoms with E-state index in [1.54, 1.807) is 11.3 Å². The highest BCUT2D eigenvalue weighted by molar-refractivity contribution is 8.03. The molecule has 2 aliphatic rings. The van der Waals surface area contributed by atoms with Gasteiger partial charge in [-0.1, -0.05) is 96.9 Å². The number of anilines is 1. The predicted octanol–water partition coefficient (Wildman–Crippen LogP) is 12.1. The van der Waals surface area contributed by atoms with Gasteiger partial charge in [0, 0.05) is 40.0 Å². The molecule has 0 atom stereocenters. The molecule has 0 saturated heterocycles. The molecule has 0 spiro atoms. The maximum Gasteiger partial charge on any atom is 0.311 e. The SMILES string of the molecule is CCCCN1/C(=C\C2=C(c3ccccc3)C(=C/c3sc4cc(Cl)ccc4[n+]3CCCOC(=O)C(C)(C)CC)/CCC2)Sc2cc(Cl)ccc21. The number of allylic oxidation sites excluding steroid dienone is 4. The van der Waals surface area contributed by atoms with Crippen molar-refractivity contribution < 1.29 is 14.1 Å². The highest BCUT2D eigenvalue weighted by atomic mass is 35.5. The largest absolute Gasteiger partial charge is 0.465 e. The van der Waals surface area contributed by atoms with Crippen LogP contribution in [0, 0.1) is 5.41 Å². The van der Waals surface area contributed by atoms with Gasteiger partial charge < -0.3 is 9.64 Å². The fourth-order valence-corrected chi connectivity index (χ4v) is 9.23. The highest BCUT2D eigenvalue weighted by Crippen LogP contribution is 2.49. The van der Waals surface area contributed by atoms with E-state index in [2.05, 4.69) is 83.1 Å². The Labute approximate surface area is 309 Å². The number of unbranched alkanes of at least 4 members (excludes halogenated alkanes) is 1. The molecule has 4 aromatic rings. The number of thiazole rings is 1. The maximum absolute atomic E-state index is 12.6. The third-order valence-corrected chi connectivity index (χ3v) is 12.2. The maximum atomic E-state index is 12.6. The van der Waals surface area contributed by atoms with Gasteiger partial charge in [-0.3, -0.25) is 4.79 Å². The second-order valence-electron chi connectivity index (χ2n) is 13.4. The number of carbonyl (C=O) groups excluding carboxylic acids is 1. The Morgan fingerprint density at radius 3 is 2.53 bits per heavy atom. The number of halogens is 2. The van der Waals surface area contributed by atoms with E-state index in [1.165, 1.54) is 42.9 Å². The fraction of sp³-hybridized carbons (Fsp3) is 0.366. The van der Waals surface area contributed by atoms with Crippen molar-refractivity contribution in [2.45, 2.75) is 84.1 Å². The van der Waals surface area contributed by atoms with Crippen molar-refractivity contribution in [3.63, 3.8) is 0 Å². The molecule has 2 heterocycles. The highest BCUT2D eigenvalue weighted by Gasteiger charge is 2.29. The zero-order valence-corrected chi connectivity index (χ0v) is 32.0.